The number of hydrogen-bond donors (Lipinski definition) is 0. The van der Waals surface area contributed by atoms with Crippen LogP contribution in [-0.4, -0.2) is 29.5 Å². The third-order valence-corrected chi connectivity index (χ3v) is 5.49. The standard InChI is InChI=1S/C25H20N7/c1-2-5-19(6-3-1)15-32-17-22(28-29-32)16-30-13-14-31(18-30)23-11-10-21-9-8-20-7-4-12-26-24(20)25(21)27-23/h1-14,17-18H,15-16H2/q+1. The number of imidazole rings is 1. The number of benzene rings is 2. The lowest BCUT2D eigenvalue weighted by Gasteiger charge is -2.03. The van der Waals surface area contributed by atoms with Gasteiger partial charge in [0.1, 0.15) is 30.1 Å². The van der Waals surface area contributed by atoms with E-state index >= 15 is 0 Å². The third kappa shape index (κ3) is 3.50. The Kier molecular flexibility index (Phi) is 4.42. The summed E-state index contributed by atoms with van der Waals surface area (Å²) in [4.78, 5) is 9.44. The van der Waals surface area contributed by atoms with Gasteiger partial charge < -0.3 is 0 Å². The van der Waals surface area contributed by atoms with Gasteiger partial charge in [-0.25, -0.2) is 14.2 Å². The first-order valence-corrected chi connectivity index (χ1v) is 10.5. The van der Waals surface area contributed by atoms with E-state index in [1.807, 2.05) is 70.7 Å². The molecule has 4 aromatic heterocycles. The number of fused-ring (bicyclic) bond motifs is 3. The molecule has 0 aliphatic rings. The van der Waals surface area contributed by atoms with Crippen molar-refractivity contribution in [2.45, 2.75) is 13.1 Å². The lowest BCUT2D eigenvalue weighted by molar-refractivity contribution is -0.688. The molecule has 7 heteroatoms. The minimum atomic E-state index is 0.639. The van der Waals surface area contributed by atoms with Gasteiger partial charge in [0.25, 0.3) is 6.33 Å². The zero-order valence-corrected chi connectivity index (χ0v) is 17.3. The van der Waals surface area contributed by atoms with E-state index in [0.717, 1.165) is 33.3 Å². The highest BCUT2D eigenvalue weighted by molar-refractivity contribution is 6.02. The van der Waals surface area contributed by atoms with Gasteiger partial charge in [-0.2, -0.15) is 4.57 Å². The molecule has 0 spiro atoms. The molecule has 6 rings (SSSR count). The summed E-state index contributed by atoms with van der Waals surface area (Å²) in [5.74, 6) is 0.849. The van der Waals surface area contributed by atoms with Gasteiger partial charge in [-0.3, -0.25) is 4.98 Å². The maximum absolute atomic E-state index is 4.90. The van der Waals surface area contributed by atoms with Crippen molar-refractivity contribution in [3.05, 3.63) is 109 Å². The molecule has 0 N–H and O–H groups in total. The largest absolute Gasteiger partial charge is 0.254 e. The van der Waals surface area contributed by atoms with E-state index in [9.17, 15) is 0 Å². The average Bonchev–Trinajstić information content (AvgIpc) is 3.49. The van der Waals surface area contributed by atoms with Gasteiger partial charge in [-0.15, -0.1) is 5.10 Å². The number of nitrogens with zero attached hydrogens (tertiary/aromatic N) is 7. The molecular formula is C25H20N7+. The Labute approximate surface area is 184 Å². The van der Waals surface area contributed by atoms with Crippen LogP contribution in [0.15, 0.2) is 97.8 Å². The molecule has 2 aromatic carbocycles. The Bertz CT molecular complexity index is 1530. The van der Waals surface area contributed by atoms with Crippen molar-refractivity contribution in [1.82, 2.24) is 29.5 Å². The summed E-state index contributed by atoms with van der Waals surface area (Å²) in [5, 5.41) is 10.8. The van der Waals surface area contributed by atoms with Crippen LogP contribution in [0.3, 0.4) is 0 Å². The van der Waals surface area contributed by atoms with Crippen LogP contribution in [0.5, 0.6) is 0 Å². The van der Waals surface area contributed by atoms with Crippen LogP contribution in [-0.2, 0) is 13.1 Å². The van der Waals surface area contributed by atoms with Crippen LogP contribution >= 0.6 is 0 Å². The second-order valence-corrected chi connectivity index (χ2v) is 7.77. The van der Waals surface area contributed by atoms with Gasteiger partial charge in [0.2, 0.25) is 5.82 Å². The quantitative estimate of drug-likeness (QED) is 0.317. The minimum Gasteiger partial charge on any atom is -0.254 e. The first-order chi connectivity index (χ1) is 15.8. The maximum atomic E-state index is 4.90. The van der Waals surface area contributed by atoms with Crippen LogP contribution in [0.25, 0.3) is 27.6 Å². The molecule has 0 saturated carbocycles. The van der Waals surface area contributed by atoms with Crippen molar-refractivity contribution in [1.29, 1.82) is 0 Å². The molecule has 0 radical (unpaired) electrons. The average molecular weight is 418 g/mol. The molecule has 0 bridgehead atoms. The van der Waals surface area contributed by atoms with E-state index in [2.05, 4.69) is 56.3 Å². The molecule has 0 unspecified atom stereocenters. The van der Waals surface area contributed by atoms with Gasteiger partial charge >= 0.3 is 0 Å². The zero-order valence-electron chi connectivity index (χ0n) is 17.3. The van der Waals surface area contributed by atoms with Gasteiger partial charge in [-0.1, -0.05) is 53.7 Å². The molecule has 0 saturated heterocycles. The van der Waals surface area contributed by atoms with Crippen LogP contribution in [0.2, 0.25) is 0 Å². The molecule has 0 aliphatic carbocycles. The predicted octanol–water partition coefficient (Wildman–Crippen LogP) is 3.55. The van der Waals surface area contributed by atoms with E-state index in [1.165, 1.54) is 5.56 Å². The Morgan fingerprint density at radius 1 is 0.844 bits per heavy atom. The minimum absolute atomic E-state index is 0.639. The zero-order chi connectivity index (χ0) is 21.3. The van der Waals surface area contributed by atoms with Gasteiger partial charge in [0.05, 0.1) is 18.3 Å². The normalized spacial score (nSPS) is 11.4. The van der Waals surface area contributed by atoms with E-state index < -0.39 is 0 Å². The van der Waals surface area contributed by atoms with Crippen molar-refractivity contribution < 1.29 is 4.57 Å². The summed E-state index contributed by atoms with van der Waals surface area (Å²) in [5.41, 5.74) is 3.93. The topological polar surface area (TPSA) is 65.3 Å². The highest BCUT2D eigenvalue weighted by Gasteiger charge is 2.12. The fraction of sp³-hybridized carbons (Fsp3) is 0.0800. The summed E-state index contributed by atoms with van der Waals surface area (Å²) in [7, 11) is 0. The number of aromatic nitrogens is 7. The summed E-state index contributed by atoms with van der Waals surface area (Å²) in [6.45, 7) is 1.35. The maximum Gasteiger partial charge on any atom is 0.250 e. The van der Waals surface area contributed by atoms with Gasteiger partial charge in [0.15, 0.2) is 0 Å². The lowest BCUT2D eigenvalue weighted by atomic mass is 10.1. The summed E-state index contributed by atoms with van der Waals surface area (Å²) in [6.07, 6.45) is 9.83. The Hall–Kier alpha value is -4.39. The molecule has 6 aromatic rings. The van der Waals surface area contributed by atoms with Crippen LogP contribution in [0.1, 0.15) is 11.3 Å². The van der Waals surface area contributed by atoms with E-state index in [4.69, 9.17) is 4.98 Å². The predicted molar refractivity (Wildman–Crippen MR) is 121 cm³/mol. The fourth-order valence-electron chi connectivity index (χ4n) is 3.93. The molecule has 0 aliphatic heterocycles. The molecule has 0 amide bonds. The SMILES string of the molecule is c1ccc(Cn2cc(C[n+]3ccn(-c4ccc5ccc6cccnc6c5n4)c3)nn2)cc1. The highest BCUT2D eigenvalue weighted by atomic mass is 15.4. The van der Waals surface area contributed by atoms with Crippen LogP contribution < -0.4 is 4.57 Å². The lowest BCUT2D eigenvalue weighted by Crippen LogP contribution is -2.31. The van der Waals surface area contributed by atoms with Crippen molar-refractivity contribution in [3.8, 4) is 5.82 Å². The van der Waals surface area contributed by atoms with Gasteiger partial charge in [0, 0.05) is 23.0 Å². The second-order valence-electron chi connectivity index (χ2n) is 7.77. The van der Waals surface area contributed by atoms with E-state index in [0.29, 0.717) is 13.1 Å². The number of hydrogen-bond acceptors (Lipinski definition) is 4. The first kappa shape index (κ1) is 18.4. The highest BCUT2D eigenvalue weighted by Crippen LogP contribution is 2.22. The Morgan fingerprint density at radius 2 is 1.69 bits per heavy atom. The molecular weight excluding hydrogens is 398 g/mol. The third-order valence-electron chi connectivity index (χ3n) is 5.49. The van der Waals surface area contributed by atoms with Crippen molar-refractivity contribution in [2.24, 2.45) is 0 Å². The molecule has 32 heavy (non-hydrogen) atoms. The fourth-order valence-corrected chi connectivity index (χ4v) is 3.93. The molecule has 154 valence electrons. The van der Waals surface area contributed by atoms with Crippen LogP contribution in [0.4, 0.5) is 0 Å². The first-order valence-electron chi connectivity index (χ1n) is 10.5. The van der Waals surface area contributed by atoms with Crippen molar-refractivity contribution >= 4 is 21.8 Å². The number of pyridine rings is 2. The molecule has 0 atom stereocenters. The molecule has 7 nitrogen and oxygen atoms in total. The summed E-state index contributed by atoms with van der Waals surface area (Å²) < 4.78 is 5.95. The summed E-state index contributed by atoms with van der Waals surface area (Å²) >= 11 is 0. The van der Waals surface area contributed by atoms with E-state index in [1.54, 1.807) is 0 Å². The van der Waals surface area contributed by atoms with Crippen molar-refractivity contribution in [2.75, 3.05) is 0 Å². The Balaban J connectivity index is 1.25. The monoisotopic (exact) mass is 418 g/mol. The van der Waals surface area contributed by atoms with E-state index in [-0.39, 0.29) is 0 Å². The smallest absolute Gasteiger partial charge is 0.250 e. The second kappa shape index (κ2) is 7.70. The van der Waals surface area contributed by atoms with Gasteiger partial charge in [-0.05, 0) is 17.7 Å². The van der Waals surface area contributed by atoms with Crippen molar-refractivity contribution in [3.63, 3.8) is 0 Å². The Morgan fingerprint density at radius 3 is 2.59 bits per heavy atom. The molecule has 0 fully saturated rings. The molecule has 4 heterocycles. The summed E-state index contributed by atoms with van der Waals surface area (Å²) in [6, 6.07) is 22.6. The number of rotatable bonds is 5. The van der Waals surface area contributed by atoms with Crippen LogP contribution in [0, 0.1) is 0 Å².